The summed E-state index contributed by atoms with van der Waals surface area (Å²) in [5, 5.41) is 3.03. The fourth-order valence-corrected chi connectivity index (χ4v) is 3.11. The topological polar surface area (TPSA) is 32.3 Å². The van der Waals surface area contributed by atoms with Crippen LogP contribution in [0, 0.1) is 0 Å². The number of amides is 2. The van der Waals surface area contributed by atoms with Crippen molar-refractivity contribution in [2.45, 2.75) is 38.4 Å². The van der Waals surface area contributed by atoms with Gasteiger partial charge in [-0.1, -0.05) is 0 Å². The van der Waals surface area contributed by atoms with Gasteiger partial charge in [0, 0.05) is 24.4 Å². The summed E-state index contributed by atoms with van der Waals surface area (Å²) in [7, 11) is 0. The maximum Gasteiger partial charge on any atom is 0.317 e. The first-order valence-corrected chi connectivity index (χ1v) is 6.76. The fraction of sp³-hybridized carbons (Fsp3) is 0.909. The number of urea groups is 1. The maximum atomic E-state index is 11.7. The molecule has 0 aromatic heterocycles. The summed E-state index contributed by atoms with van der Waals surface area (Å²) in [6, 6.07) is 0.0775. The third-order valence-electron chi connectivity index (χ3n) is 2.96. The summed E-state index contributed by atoms with van der Waals surface area (Å²) in [4.78, 5) is 13.5. The summed E-state index contributed by atoms with van der Waals surface area (Å²) in [5.74, 6) is 1.23. The lowest BCUT2D eigenvalue weighted by Crippen LogP contribution is -2.44. The van der Waals surface area contributed by atoms with E-state index in [9.17, 15) is 4.79 Å². The van der Waals surface area contributed by atoms with Crippen LogP contribution in [0.1, 0.15) is 33.6 Å². The fourth-order valence-electron chi connectivity index (χ4n) is 1.86. The highest BCUT2D eigenvalue weighted by Crippen LogP contribution is 2.36. The molecule has 0 aliphatic carbocycles. The van der Waals surface area contributed by atoms with Crippen molar-refractivity contribution in [1.82, 2.24) is 10.2 Å². The van der Waals surface area contributed by atoms with Crippen LogP contribution in [-0.4, -0.2) is 41.1 Å². The van der Waals surface area contributed by atoms with Crippen molar-refractivity contribution in [1.29, 1.82) is 0 Å². The number of thioether (sulfide) groups is 1. The highest BCUT2D eigenvalue weighted by Gasteiger charge is 2.30. The highest BCUT2D eigenvalue weighted by atomic mass is 32.2. The third kappa shape index (κ3) is 3.59. The highest BCUT2D eigenvalue weighted by molar-refractivity contribution is 8.00. The number of hydrogen-bond acceptors (Lipinski definition) is 2. The van der Waals surface area contributed by atoms with Crippen LogP contribution in [0.15, 0.2) is 0 Å². The normalized spacial score (nSPS) is 25.3. The van der Waals surface area contributed by atoms with E-state index in [2.05, 4.69) is 12.2 Å². The van der Waals surface area contributed by atoms with E-state index in [4.69, 9.17) is 0 Å². The first-order chi connectivity index (χ1) is 7.11. The van der Waals surface area contributed by atoms with Crippen molar-refractivity contribution >= 4 is 17.8 Å². The minimum atomic E-state index is 0.0775. The van der Waals surface area contributed by atoms with E-state index >= 15 is 0 Å². The van der Waals surface area contributed by atoms with Crippen molar-refractivity contribution in [3.05, 3.63) is 0 Å². The Labute approximate surface area is 97.0 Å². The van der Waals surface area contributed by atoms with Gasteiger partial charge in [0.05, 0.1) is 0 Å². The molecule has 2 amide bonds. The van der Waals surface area contributed by atoms with E-state index in [0.29, 0.717) is 0 Å². The van der Waals surface area contributed by atoms with Crippen LogP contribution in [0.4, 0.5) is 4.79 Å². The molecule has 3 nitrogen and oxygen atoms in total. The van der Waals surface area contributed by atoms with E-state index in [1.807, 2.05) is 30.5 Å². The summed E-state index contributed by atoms with van der Waals surface area (Å²) in [6.45, 7) is 8.63. The molecule has 0 spiro atoms. The Hall–Kier alpha value is -0.380. The average molecular weight is 230 g/mol. The molecule has 0 bridgehead atoms. The van der Waals surface area contributed by atoms with E-state index in [0.717, 1.165) is 19.6 Å². The van der Waals surface area contributed by atoms with Crippen molar-refractivity contribution in [3.8, 4) is 0 Å². The molecule has 15 heavy (non-hydrogen) atoms. The van der Waals surface area contributed by atoms with Crippen LogP contribution in [0.3, 0.4) is 0 Å². The standard InChI is InChI=1S/C11H22N2OS/c1-4-13(5-2)10(14)12-9-11(3)7-6-8-15-11/h4-9H2,1-3H3,(H,12,14). The lowest BCUT2D eigenvalue weighted by Gasteiger charge is -2.26. The molecular formula is C11H22N2OS. The summed E-state index contributed by atoms with van der Waals surface area (Å²) in [5.41, 5.74) is 0. The monoisotopic (exact) mass is 230 g/mol. The predicted molar refractivity (Wildman–Crippen MR) is 66.4 cm³/mol. The zero-order chi connectivity index (χ0) is 11.3. The Morgan fingerprint density at radius 2 is 2.13 bits per heavy atom. The minimum Gasteiger partial charge on any atom is -0.337 e. The number of rotatable bonds is 4. The Balaban J connectivity index is 2.32. The predicted octanol–water partition coefficient (Wildman–Crippen LogP) is 2.32. The zero-order valence-electron chi connectivity index (χ0n) is 10.0. The molecular weight excluding hydrogens is 208 g/mol. The van der Waals surface area contributed by atoms with E-state index in [-0.39, 0.29) is 10.8 Å². The molecule has 0 aromatic rings. The SMILES string of the molecule is CCN(CC)C(=O)NCC1(C)CCCS1. The second kappa shape index (κ2) is 5.64. The number of carbonyl (C=O) groups is 1. The molecule has 1 heterocycles. The van der Waals surface area contributed by atoms with Gasteiger partial charge in [-0.3, -0.25) is 0 Å². The smallest absolute Gasteiger partial charge is 0.317 e. The van der Waals surface area contributed by atoms with Crippen molar-refractivity contribution < 1.29 is 4.79 Å². The van der Waals surface area contributed by atoms with Gasteiger partial charge >= 0.3 is 6.03 Å². The summed E-state index contributed by atoms with van der Waals surface area (Å²) < 4.78 is 0.267. The van der Waals surface area contributed by atoms with Gasteiger partial charge in [0.2, 0.25) is 0 Å². The Bertz CT molecular complexity index is 211. The van der Waals surface area contributed by atoms with Gasteiger partial charge in [-0.15, -0.1) is 0 Å². The lowest BCUT2D eigenvalue weighted by molar-refractivity contribution is 0.202. The number of nitrogens with one attached hydrogen (secondary N) is 1. The van der Waals surface area contributed by atoms with Crippen LogP contribution in [0.5, 0.6) is 0 Å². The quantitative estimate of drug-likeness (QED) is 0.804. The lowest BCUT2D eigenvalue weighted by atomic mass is 10.1. The van der Waals surface area contributed by atoms with Gasteiger partial charge in [-0.05, 0) is 39.4 Å². The van der Waals surface area contributed by atoms with E-state index < -0.39 is 0 Å². The molecule has 1 atom stereocenters. The van der Waals surface area contributed by atoms with Crippen LogP contribution < -0.4 is 5.32 Å². The first kappa shape index (κ1) is 12.7. The van der Waals surface area contributed by atoms with Crippen molar-refractivity contribution in [3.63, 3.8) is 0 Å². The number of carbonyl (C=O) groups excluding carboxylic acids is 1. The van der Waals surface area contributed by atoms with Crippen LogP contribution in [0.25, 0.3) is 0 Å². The summed E-state index contributed by atoms with van der Waals surface area (Å²) >= 11 is 1.98. The Morgan fingerprint density at radius 1 is 1.47 bits per heavy atom. The van der Waals surface area contributed by atoms with E-state index in [1.54, 1.807) is 0 Å². The minimum absolute atomic E-state index is 0.0775. The molecule has 0 aromatic carbocycles. The second-order valence-electron chi connectivity index (χ2n) is 4.23. The number of nitrogens with zero attached hydrogens (tertiary/aromatic N) is 1. The van der Waals surface area contributed by atoms with E-state index in [1.165, 1.54) is 18.6 Å². The Morgan fingerprint density at radius 3 is 2.60 bits per heavy atom. The third-order valence-corrected chi connectivity index (χ3v) is 4.50. The van der Waals surface area contributed by atoms with Crippen molar-refractivity contribution in [2.24, 2.45) is 0 Å². The first-order valence-electron chi connectivity index (χ1n) is 5.78. The van der Waals surface area contributed by atoms with Gasteiger partial charge in [0.25, 0.3) is 0 Å². The van der Waals surface area contributed by atoms with Gasteiger partial charge in [0.15, 0.2) is 0 Å². The van der Waals surface area contributed by atoms with Gasteiger partial charge < -0.3 is 10.2 Å². The Kier molecular flexibility index (Phi) is 4.77. The molecule has 1 saturated heterocycles. The second-order valence-corrected chi connectivity index (χ2v) is 5.92. The van der Waals surface area contributed by atoms with Gasteiger partial charge in [0.1, 0.15) is 0 Å². The molecule has 1 aliphatic heterocycles. The van der Waals surface area contributed by atoms with Gasteiger partial charge in [-0.25, -0.2) is 4.79 Å². The van der Waals surface area contributed by atoms with Crippen LogP contribution in [0.2, 0.25) is 0 Å². The molecule has 1 rings (SSSR count). The molecule has 1 unspecified atom stereocenters. The largest absolute Gasteiger partial charge is 0.337 e. The van der Waals surface area contributed by atoms with Gasteiger partial charge in [-0.2, -0.15) is 11.8 Å². The summed E-state index contributed by atoms with van der Waals surface area (Å²) in [6.07, 6.45) is 2.50. The molecule has 1 N–H and O–H groups in total. The molecule has 1 aliphatic rings. The molecule has 1 fully saturated rings. The molecule has 4 heteroatoms. The molecule has 88 valence electrons. The average Bonchev–Trinajstić information content (AvgIpc) is 2.65. The number of hydrogen-bond donors (Lipinski definition) is 1. The van der Waals surface area contributed by atoms with Crippen LogP contribution >= 0.6 is 11.8 Å². The molecule has 0 radical (unpaired) electrons. The zero-order valence-corrected chi connectivity index (χ0v) is 10.8. The van der Waals surface area contributed by atoms with Crippen LogP contribution in [-0.2, 0) is 0 Å². The van der Waals surface area contributed by atoms with Crippen molar-refractivity contribution in [2.75, 3.05) is 25.4 Å². The maximum absolute atomic E-state index is 11.7. The molecule has 0 saturated carbocycles.